The first-order valence-electron chi connectivity index (χ1n) is 9.74. The first kappa shape index (κ1) is 19.6. The van der Waals surface area contributed by atoms with E-state index >= 15 is 0 Å². The van der Waals surface area contributed by atoms with Crippen molar-refractivity contribution < 1.29 is 12.8 Å². The summed E-state index contributed by atoms with van der Waals surface area (Å²) < 4.78 is 44.0. The summed E-state index contributed by atoms with van der Waals surface area (Å²) in [6.45, 7) is -0.0197. The molecule has 1 aliphatic carbocycles. The maximum absolute atomic E-state index is 14.2. The molecular weight excluding hydrogens is 419 g/mol. The van der Waals surface area contributed by atoms with E-state index in [2.05, 4.69) is 15.1 Å². The largest absolute Gasteiger partial charge is 0.366 e. The van der Waals surface area contributed by atoms with Crippen LogP contribution >= 0.6 is 0 Å². The van der Waals surface area contributed by atoms with Gasteiger partial charge in [0.1, 0.15) is 10.7 Å². The summed E-state index contributed by atoms with van der Waals surface area (Å²) in [6, 6.07) is 11.2. The van der Waals surface area contributed by atoms with E-state index in [4.69, 9.17) is 5.73 Å². The number of anilines is 1. The molecule has 0 saturated heterocycles. The molecule has 3 aromatic heterocycles. The third-order valence-electron chi connectivity index (χ3n) is 5.24. The van der Waals surface area contributed by atoms with Gasteiger partial charge in [0.05, 0.1) is 0 Å². The summed E-state index contributed by atoms with van der Waals surface area (Å²) in [5.41, 5.74) is 7.89. The minimum atomic E-state index is -3.87. The van der Waals surface area contributed by atoms with Crippen molar-refractivity contribution in [2.75, 3.05) is 5.73 Å². The molecule has 8 nitrogen and oxygen atoms in total. The summed E-state index contributed by atoms with van der Waals surface area (Å²) >= 11 is 0. The van der Waals surface area contributed by atoms with Crippen LogP contribution in [0.4, 0.5) is 10.3 Å². The highest BCUT2D eigenvalue weighted by Crippen LogP contribution is 2.34. The molecule has 1 aromatic carbocycles. The van der Waals surface area contributed by atoms with Crippen LogP contribution in [0.1, 0.15) is 18.4 Å². The highest BCUT2D eigenvalue weighted by Gasteiger charge is 2.38. The average Bonchev–Trinajstić information content (AvgIpc) is 3.52. The fourth-order valence-corrected chi connectivity index (χ4v) is 5.14. The van der Waals surface area contributed by atoms with Crippen molar-refractivity contribution in [2.45, 2.75) is 30.3 Å². The molecule has 0 bridgehead atoms. The minimum Gasteiger partial charge on any atom is -0.366 e. The summed E-state index contributed by atoms with van der Waals surface area (Å²) in [5, 5.41) is 4.09. The van der Waals surface area contributed by atoms with Crippen molar-refractivity contribution in [3.63, 3.8) is 0 Å². The van der Waals surface area contributed by atoms with Crippen LogP contribution < -0.4 is 5.73 Å². The molecular formula is C21H19FN6O2S. The Morgan fingerprint density at radius 3 is 2.71 bits per heavy atom. The van der Waals surface area contributed by atoms with Crippen molar-refractivity contribution in [1.82, 2.24) is 23.9 Å². The van der Waals surface area contributed by atoms with Gasteiger partial charge in [0, 0.05) is 47.9 Å². The van der Waals surface area contributed by atoms with E-state index in [1.165, 1.54) is 21.1 Å². The number of sulfonamides is 1. The van der Waals surface area contributed by atoms with E-state index in [1.54, 1.807) is 48.8 Å². The smallest absolute Gasteiger partial charge is 0.245 e. The average molecular weight is 438 g/mol. The Morgan fingerprint density at radius 2 is 1.94 bits per heavy atom. The molecule has 5 rings (SSSR count). The first-order valence-corrected chi connectivity index (χ1v) is 11.2. The molecule has 0 radical (unpaired) electrons. The highest BCUT2D eigenvalue weighted by atomic mass is 32.2. The minimum absolute atomic E-state index is 0.0197. The third-order valence-corrected chi connectivity index (χ3v) is 7.10. The number of hydrogen-bond acceptors (Lipinski definition) is 6. The van der Waals surface area contributed by atoms with Gasteiger partial charge in [0.2, 0.25) is 16.0 Å². The van der Waals surface area contributed by atoms with E-state index in [9.17, 15) is 12.8 Å². The Kier molecular flexibility index (Phi) is 4.67. The van der Waals surface area contributed by atoms with Gasteiger partial charge in [0.15, 0.2) is 5.65 Å². The molecule has 0 atom stereocenters. The van der Waals surface area contributed by atoms with E-state index in [-0.39, 0.29) is 23.4 Å². The summed E-state index contributed by atoms with van der Waals surface area (Å²) in [7, 11) is -3.87. The van der Waals surface area contributed by atoms with Crippen LogP contribution in [0.5, 0.6) is 0 Å². The Labute approximate surface area is 178 Å². The Balaban J connectivity index is 1.51. The van der Waals surface area contributed by atoms with Crippen LogP contribution in [-0.2, 0) is 16.6 Å². The summed E-state index contributed by atoms with van der Waals surface area (Å²) in [5.74, 6) is -0.268. The van der Waals surface area contributed by atoms with Gasteiger partial charge in [-0.1, -0.05) is 18.2 Å². The molecule has 0 amide bonds. The maximum Gasteiger partial charge on any atom is 0.245 e. The van der Waals surface area contributed by atoms with Gasteiger partial charge >= 0.3 is 0 Å². The van der Waals surface area contributed by atoms with Crippen molar-refractivity contribution in [3.05, 3.63) is 72.4 Å². The molecule has 1 fully saturated rings. The molecule has 2 N–H and O–H groups in total. The van der Waals surface area contributed by atoms with Crippen molar-refractivity contribution >= 4 is 21.6 Å². The molecule has 3 heterocycles. The number of aromatic nitrogens is 4. The molecule has 0 spiro atoms. The number of pyridine rings is 2. The number of nitrogens with two attached hydrogens (primary N) is 1. The van der Waals surface area contributed by atoms with E-state index in [0.29, 0.717) is 22.3 Å². The van der Waals surface area contributed by atoms with Crippen LogP contribution in [0.3, 0.4) is 0 Å². The second-order valence-corrected chi connectivity index (χ2v) is 9.36. The second kappa shape index (κ2) is 7.40. The molecule has 31 heavy (non-hydrogen) atoms. The third kappa shape index (κ3) is 3.75. The van der Waals surface area contributed by atoms with Gasteiger partial charge in [-0.05, 0) is 37.1 Å². The van der Waals surface area contributed by atoms with Gasteiger partial charge in [-0.3, -0.25) is 4.98 Å². The quantitative estimate of drug-likeness (QED) is 0.496. The number of benzene rings is 1. The lowest BCUT2D eigenvalue weighted by molar-refractivity contribution is 0.391. The van der Waals surface area contributed by atoms with Crippen LogP contribution in [-0.4, -0.2) is 38.3 Å². The predicted molar refractivity (Wildman–Crippen MR) is 113 cm³/mol. The van der Waals surface area contributed by atoms with E-state index in [0.717, 1.165) is 12.8 Å². The highest BCUT2D eigenvalue weighted by molar-refractivity contribution is 7.89. The van der Waals surface area contributed by atoms with Crippen molar-refractivity contribution in [2.24, 2.45) is 0 Å². The summed E-state index contributed by atoms with van der Waals surface area (Å²) in [4.78, 5) is 8.29. The molecule has 1 saturated carbocycles. The Bertz CT molecular complexity index is 1380. The summed E-state index contributed by atoms with van der Waals surface area (Å²) in [6.07, 6.45) is 6.13. The van der Waals surface area contributed by atoms with Gasteiger partial charge in [-0.2, -0.15) is 9.29 Å². The van der Waals surface area contributed by atoms with Crippen LogP contribution in [0, 0.1) is 5.82 Å². The van der Waals surface area contributed by atoms with E-state index < -0.39 is 15.8 Å². The standard InChI is InChI=1S/C21H19FN6O2S/c22-19-4-2-1-3-15(19)13-28(17-6-7-17)31(29,30)18-9-16(10-24-11-18)14-5-8-20-25-21(23)26-27(20)12-14/h1-5,8-12,17H,6-7,13H2,(H2,23,26). The zero-order valence-corrected chi connectivity index (χ0v) is 17.2. The number of halogens is 1. The second-order valence-electron chi connectivity index (χ2n) is 7.47. The lowest BCUT2D eigenvalue weighted by Crippen LogP contribution is -2.33. The number of rotatable bonds is 6. The lowest BCUT2D eigenvalue weighted by Gasteiger charge is -2.22. The SMILES string of the molecule is Nc1nc2ccc(-c3cncc(S(=O)(=O)N(Cc4ccccc4F)C4CC4)c3)cn2n1. The molecule has 158 valence electrons. The number of nitrogens with zero attached hydrogens (tertiary/aromatic N) is 5. The zero-order valence-electron chi connectivity index (χ0n) is 16.4. The molecule has 10 heteroatoms. The molecule has 1 aliphatic rings. The number of hydrogen-bond donors (Lipinski definition) is 1. The van der Waals surface area contributed by atoms with Gasteiger partial charge in [-0.15, -0.1) is 5.10 Å². The Morgan fingerprint density at radius 1 is 1.13 bits per heavy atom. The van der Waals surface area contributed by atoms with Crippen molar-refractivity contribution in [3.8, 4) is 11.1 Å². The van der Waals surface area contributed by atoms with Crippen LogP contribution in [0.15, 0.2) is 66.0 Å². The molecule has 4 aromatic rings. The van der Waals surface area contributed by atoms with Gasteiger partial charge < -0.3 is 5.73 Å². The van der Waals surface area contributed by atoms with Crippen LogP contribution in [0.25, 0.3) is 16.8 Å². The molecule has 0 unspecified atom stereocenters. The maximum atomic E-state index is 14.2. The van der Waals surface area contributed by atoms with E-state index in [1.807, 2.05) is 0 Å². The zero-order chi connectivity index (χ0) is 21.6. The molecule has 0 aliphatic heterocycles. The predicted octanol–water partition coefficient (Wildman–Crippen LogP) is 2.87. The Hall–Kier alpha value is -3.37. The topological polar surface area (TPSA) is 106 Å². The fourth-order valence-electron chi connectivity index (χ4n) is 3.49. The van der Waals surface area contributed by atoms with Crippen LogP contribution in [0.2, 0.25) is 0 Å². The first-order chi connectivity index (χ1) is 14.9. The number of fused-ring (bicyclic) bond motifs is 1. The monoisotopic (exact) mass is 438 g/mol. The van der Waals surface area contributed by atoms with Gasteiger partial charge in [0.25, 0.3) is 0 Å². The fraction of sp³-hybridized carbons (Fsp3) is 0.190. The van der Waals surface area contributed by atoms with Crippen molar-refractivity contribution in [1.29, 1.82) is 0 Å². The number of nitrogen functional groups attached to an aromatic ring is 1. The normalized spacial score (nSPS) is 14.4. The van der Waals surface area contributed by atoms with Gasteiger partial charge in [-0.25, -0.2) is 17.3 Å². The lowest BCUT2D eigenvalue weighted by atomic mass is 10.1.